The van der Waals surface area contributed by atoms with Crippen molar-refractivity contribution in [2.45, 2.75) is 26.2 Å². The van der Waals surface area contributed by atoms with Crippen LogP contribution in [0.3, 0.4) is 0 Å². The van der Waals surface area contributed by atoms with Crippen molar-refractivity contribution in [1.29, 1.82) is 5.26 Å². The van der Waals surface area contributed by atoms with Gasteiger partial charge >= 0.3 is 0 Å². The molecule has 2 N–H and O–H groups in total. The number of piperidine rings is 1. The third kappa shape index (κ3) is 3.02. The first-order valence-electron chi connectivity index (χ1n) is 6.50. The molecule has 0 spiro atoms. The number of nitriles is 1. The summed E-state index contributed by atoms with van der Waals surface area (Å²) in [5, 5.41) is 9.22. The molecular formula is C14H18N4O. The van der Waals surface area contributed by atoms with Crippen molar-refractivity contribution in [1.82, 2.24) is 4.98 Å². The molecule has 0 aliphatic carbocycles. The van der Waals surface area contributed by atoms with E-state index >= 15 is 0 Å². The number of anilines is 1. The number of carbonyl (C=O) groups excluding carboxylic acids is 1. The van der Waals surface area contributed by atoms with E-state index in [0.717, 1.165) is 37.3 Å². The second kappa shape index (κ2) is 5.70. The molecule has 1 amide bonds. The van der Waals surface area contributed by atoms with Crippen molar-refractivity contribution in [3.05, 3.63) is 23.4 Å². The number of rotatable bonds is 3. The molecule has 19 heavy (non-hydrogen) atoms. The van der Waals surface area contributed by atoms with Crippen molar-refractivity contribution in [3.8, 4) is 6.07 Å². The Morgan fingerprint density at radius 3 is 2.84 bits per heavy atom. The van der Waals surface area contributed by atoms with E-state index in [4.69, 9.17) is 5.73 Å². The Labute approximate surface area is 113 Å². The van der Waals surface area contributed by atoms with E-state index in [0.29, 0.717) is 17.9 Å². The summed E-state index contributed by atoms with van der Waals surface area (Å²) in [5.74, 6) is 0.897. The van der Waals surface area contributed by atoms with Gasteiger partial charge in [-0.05, 0) is 37.3 Å². The Kier molecular flexibility index (Phi) is 4.00. The lowest BCUT2D eigenvalue weighted by Crippen LogP contribution is -2.36. The van der Waals surface area contributed by atoms with Crippen LogP contribution in [0.25, 0.3) is 0 Å². The van der Waals surface area contributed by atoms with E-state index < -0.39 is 0 Å². The van der Waals surface area contributed by atoms with E-state index in [1.807, 2.05) is 13.0 Å². The van der Waals surface area contributed by atoms with Gasteiger partial charge in [-0.2, -0.15) is 5.26 Å². The largest absolute Gasteiger partial charge is 0.370 e. The fourth-order valence-electron chi connectivity index (χ4n) is 2.56. The van der Waals surface area contributed by atoms with Crippen LogP contribution in [-0.2, 0) is 4.79 Å². The van der Waals surface area contributed by atoms with Crippen LogP contribution in [0, 0.1) is 24.2 Å². The number of hydrogen-bond donors (Lipinski definition) is 1. The standard InChI is InChI=1S/C14H18N4O/c1-10-2-5-17-14(12(10)9-15)18-6-3-11(4-7-18)8-13(16)19/h2,5,11H,3-4,6-8H2,1H3,(H2,16,19). The Bertz CT molecular complexity index is 513. The maximum Gasteiger partial charge on any atom is 0.217 e. The van der Waals surface area contributed by atoms with Crippen molar-refractivity contribution in [2.75, 3.05) is 18.0 Å². The van der Waals surface area contributed by atoms with Crippen molar-refractivity contribution in [2.24, 2.45) is 11.7 Å². The number of carbonyl (C=O) groups is 1. The predicted molar refractivity (Wildman–Crippen MR) is 72.4 cm³/mol. The maximum atomic E-state index is 10.9. The van der Waals surface area contributed by atoms with E-state index in [9.17, 15) is 10.1 Å². The van der Waals surface area contributed by atoms with Crippen LogP contribution in [0.5, 0.6) is 0 Å². The monoisotopic (exact) mass is 258 g/mol. The van der Waals surface area contributed by atoms with Gasteiger partial charge in [0.15, 0.2) is 0 Å². The fraction of sp³-hybridized carbons (Fsp3) is 0.500. The van der Waals surface area contributed by atoms with Crippen LogP contribution in [-0.4, -0.2) is 24.0 Å². The molecule has 1 aromatic rings. The Hall–Kier alpha value is -2.09. The van der Waals surface area contributed by atoms with Crippen LogP contribution in [0.1, 0.15) is 30.4 Å². The average molecular weight is 258 g/mol. The normalized spacial score (nSPS) is 16.1. The summed E-state index contributed by atoms with van der Waals surface area (Å²) in [5.41, 5.74) is 6.83. The lowest BCUT2D eigenvalue weighted by Gasteiger charge is -2.33. The number of hydrogen-bond acceptors (Lipinski definition) is 4. The number of nitrogens with two attached hydrogens (primary N) is 1. The van der Waals surface area contributed by atoms with Gasteiger partial charge in [-0.3, -0.25) is 4.79 Å². The molecular weight excluding hydrogens is 240 g/mol. The van der Waals surface area contributed by atoms with Gasteiger partial charge in [0.2, 0.25) is 5.91 Å². The van der Waals surface area contributed by atoms with Crippen LogP contribution in [0.2, 0.25) is 0 Å². The first kappa shape index (κ1) is 13.3. The highest BCUT2D eigenvalue weighted by Gasteiger charge is 2.23. The lowest BCUT2D eigenvalue weighted by atomic mass is 9.93. The van der Waals surface area contributed by atoms with Gasteiger partial charge in [0, 0.05) is 25.7 Å². The Morgan fingerprint density at radius 2 is 2.26 bits per heavy atom. The Morgan fingerprint density at radius 1 is 1.58 bits per heavy atom. The zero-order valence-corrected chi connectivity index (χ0v) is 11.1. The van der Waals surface area contributed by atoms with E-state index in [1.54, 1.807) is 6.20 Å². The zero-order chi connectivity index (χ0) is 13.8. The molecule has 1 fully saturated rings. The summed E-state index contributed by atoms with van der Waals surface area (Å²) in [4.78, 5) is 17.4. The summed E-state index contributed by atoms with van der Waals surface area (Å²) < 4.78 is 0. The van der Waals surface area contributed by atoms with Crippen molar-refractivity contribution < 1.29 is 4.79 Å². The summed E-state index contributed by atoms with van der Waals surface area (Å²) in [7, 11) is 0. The van der Waals surface area contributed by atoms with Gasteiger partial charge < -0.3 is 10.6 Å². The van der Waals surface area contributed by atoms with Gasteiger partial charge in [-0.1, -0.05) is 0 Å². The zero-order valence-electron chi connectivity index (χ0n) is 11.1. The number of amides is 1. The van der Waals surface area contributed by atoms with Gasteiger partial charge in [-0.15, -0.1) is 0 Å². The summed E-state index contributed by atoms with van der Waals surface area (Å²) >= 11 is 0. The fourth-order valence-corrected chi connectivity index (χ4v) is 2.56. The molecule has 1 aliphatic heterocycles. The highest BCUT2D eigenvalue weighted by Crippen LogP contribution is 2.26. The average Bonchev–Trinajstić information content (AvgIpc) is 2.38. The Balaban J connectivity index is 2.08. The minimum atomic E-state index is -0.232. The summed E-state index contributed by atoms with van der Waals surface area (Å²) in [6.07, 6.45) is 4.04. The van der Waals surface area contributed by atoms with Crippen LogP contribution >= 0.6 is 0 Å². The molecule has 100 valence electrons. The molecule has 0 aromatic carbocycles. The first-order chi connectivity index (χ1) is 9.11. The van der Waals surface area contributed by atoms with Gasteiger partial charge in [-0.25, -0.2) is 4.98 Å². The first-order valence-corrected chi connectivity index (χ1v) is 6.50. The summed E-state index contributed by atoms with van der Waals surface area (Å²) in [6.45, 7) is 3.57. The molecule has 2 rings (SSSR count). The molecule has 0 atom stereocenters. The minimum Gasteiger partial charge on any atom is -0.370 e. The third-order valence-electron chi connectivity index (χ3n) is 3.66. The number of aromatic nitrogens is 1. The van der Waals surface area contributed by atoms with Crippen LogP contribution < -0.4 is 10.6 Å². The van der Waals surface area contributed by atoms with E-state index in [2.05, 4.69) is 16.0 Å². The van der Waals surface area contributed by atoms with E-state index in [1.165, 1.54) is 0 Å². The number of pyridine rings is 1. The molecule has 0 radical (unpaired) electrons. The topological polar surface area (TPSA) is 83.0 Å². The molecule has 0 unspecified atom stereocenters. The second-order valence-corrected chi connectivity index (χ2v) is 5.04. The van der Waals surface area contributed by atoms with Crippen molar-refractivity contribution in [3.63, 3.8) is 0 Å². The maximum absolute atomic E-state index is 10.9. The second-order valence-electron chi connectivity index (χ2n) is 5.04. The van der Waals surface area contributed by atoms with Crippen LogP contribution in [0.4, 0.5) is 5.82 Å². The SMILES string of the molecule is Cc1ccnc(N2CCC(CC(N)=O)CC2)c1C#N. The molecule has 0 saturated carbocycles. The minimum absolute atomic E-state index is 0.232. The number of aryl methyl sites for hydroxylation is 1. The predicted octanol–water partition coefficient (Wildman–Crippen LogP) is 1.35. The highest BCUT2D eigenvalue weighted by atomic mass is 16.1. The highest BCUT2D eigenvalue weighted by molar-refractivity contribution is 5.74. The van der Waals surface area contributed by atoms with Gasteiger partial charge in [0.1, 0.15) is 11.9 Å². The lowest BCUT2D eigenvalue weighted by molar-refractivity contribution is -0.119. The van der Waals surface area contributed by atoms with Gasteiger partial charge in [0.25, 0.3) is 0 Å². The number of primary amides is 1. The third-order valence-corrected chi connectivity index (χ3v) is 3.66. The molecule has 1 aromatic heterocycles. The van der Waals surface area contributed by atoms with Crippen molar-refractivity contribution >= 4 is 11.7 Å². The van der Waals surface area contributed by atoms with Crippen LogP contribution in [0.15, 0.2) is 12.3 Å². The quantitative estimate of drug-likeness (QED) is 0.887. The molecule has 5 heteroatoms. The molecule has 5 nitrogen and oxygen atoms in total. The molecule has 1 saturated heterocycles. The smallest absolute Gasteiger partial charge is 0.217 e. The van der Waals surface area contributed by atoms with Gasteiger partial charge in [0.05, 0.1) is 5.56 Å². The molecule has 0 bridgehead atoms. The molecule has 2 heterocycles. The number of nitrogens with zero attached hydrogens (tertiary/aromatic N) is 3. The summed E-state index contributed by atoms with van der Waals surface area (Å²) in [6, 6.07) is 4.08. The van der Waals surface area contributed by atoms with E-state index in [-0.39, 0.29) is 5.91 Å². The molecule has 1 aliphatic rings.